The van der Waals surface area contributed by atoms with E-state index in [0.29, 0.717) is 41.7 Å². The molecule has 0 unspecified atom stereocenters. The molecule has 8 heteroatoms. The molecule has 3 aromatic rings. The van der Waals surface area contributed by atoms with Gasteiger partial charge < -0.3 is 14.5 Å². The summed E-state index contributed by atoms with van der Waals surface area (Å²) in [6.45, 7) is 7.87. The summed E-state index contributed by atoms with van der Waals surface area (Å²) in [6.07, 6.45) is 3.22. The fourth-order valence-corrected chi connectivity index (χ4v) is 5.31. The van der Waals surface area contributed by atoms with Crippen LogP contribution in [0.2, 0.25) is 0 Å². The quantitative estimate of drug-likeness (QED) is 0.418. The number of halogens is 3. The van der Waals surface area contributed by atoms with Crippen LogP contribution in [0.4, 0.5) is 18.9 Å². The lowest BCUT2D eigenvalue weighted by Crippen LogP contribution is -2.35. The number of piperidine rings is 1. The molecule has 0 radical (unpaired) electrons. The molecule has 3 heterocycles. The molecular formula is C29H33F3N4O. The minimum absolute atomic E-state index is 0.0187. The maximum Gasteiger partial charge on any atom is 0.178 e. The second-order valence-electron chi connectivity index (χ2n) is 10.6. The predicted molar refractivity (Wildman–Crippen MR) is 139 cm³/mol. The van der Waals surface area contributed by atoms with Crippen LogP contribution in [0.15, 0.2) is 36.5 Å². The van der Waals surface area contributed by atoms with Crippen LogP contribution in [0.1, 0.15) is 49.6 Å². The van der Waals surface area contributed by atoms with Crippen molar-refractivity contribution in [3.05, 3.63) is 70.9 Å². The van der Waals surface area contributed by atoms with Gasteiger partial charge in [0.25, 0.3) is 0 Å². The molecule has 2 aliphatic rings. The van der Waals surface area contributed by atoms with Crippen molar-refractivity contribution >= 4 is 5.69 Å². The molecule has 1 aromatic heterocycles. The highest BCUT2D eigenvalue weighted by atomic mass is 19.1. The number of ether oxygens (including phenoxy) is 1. The molecule has 5 rings (SSSR count). The average molecular weight is 511 g/mol. The average Bonchev–Trinajstić information content (AvgIpc) is 2.86. The summed E-state index contributed by atoms with van der Waals surface area (Å²) in [4.78, 5) is 12.9. The molecule has 2 aliphatic heterocycles. The highest BCUT2D eigenvalue weighted by Gasteiger charge is 2.25. The largest absolute Gasteiger partial charge is 0.486 e. The van der Waals surface area contributed by atoms with Gasteiger partial charge in [-0.3, -0.25) is 0 Å². The van der Waals surface area contributed by atoms with Crippen molar-refractivity contribution in [2.45, 2.75) is 39.0 Å². The second-order valence-corrected chi connectivity index (χ2v) is 10.6. The molecule has 1 saturated heterocycles. The van der Waals surface area contributed by atoms with Crippen molar-refractivity contribution < 1.29 is 17.9 Å². The summed E-state index contributed by atoms with van der Waals surface area (Å²) in [5.41, 5.74) is 2.39. The van der Waals surface area contributed by atoms with Gasteiger partial charge in [0.2, 0.25) is 0 Å². The highest BCUT2D eigenvalue weighted by Crippen LogP contribution is 2.39. The summed E-state index contributed by atoms with van der Waals surface area (Å²) in [5, 5.41) is 0. The Morgan fingerprint density at radius 1 is 1.00 bits per heavy atom. The third-order valence-corrected chi connectivity index (χ3v) is 7.21. The van der Waals surface area contributed by atoms with Crippen molar-refractivity contribution in [3.8, 4) is 17.0 Å². The number of hydrogen-bond donors (Lipinski definition) is 0. The van der Waals surface area contributed by atoms with Crippen LogP contribution in [0.25, 0.3) is 11.3 Å². The lowest BCUT2D eigenvalue weighted by Gasteiger charge is -2.33. The molecule has 0 atom stereocenters. The van der Waals surface area contributed by atoms with Crippen LogP contribution in [-0.4, -0.2) is 54.7 Å². The Balaban J connectivity index is 1.41. The molecule has 196 valence electrons. The van der Waals surface area contributed by atoms with Gasteiger partial charge in [0.15, 0.2) is 17.4 Å². The molecule has 0 saturated carbocycles. The fraction of sp³-hybridized carbons (Fsp3) is 0.448. The second kappa shape index (κ2) is 10.7. The van der Waals surface area contributed by atoms with Crippen molar-refractivity contribution in [2.75, 3.05) is 44.7 Å². The zero-order valence-electron chi connectivity index (χ0n) is 21.6. The van der Waals surface area contributed by atoms with E-state index in [1.54, 1.807) is 6.07 Å². The lowest BCUT2D eigenvalue weighted by atomic mass is 9.88. The fourth-order valence-electron chi connectivity index (χ4n) is 5.31. The third kappa shape index (κ3) is 5.59. The summed E-state index contributed by atoms with van der Waals surface area (Å²) >= 11 is 0. The van der Waals surface area contributed by atoms with Crippen molar-refractivity contribution in [3.63, 3.8) is 0 Å². The predicted octanol–water partition coefficient (Wildman–Crippen LogP) is 5.82. The number of rotatable bonds is 6. The standard InChI is InChI=1S/C29H33F3N4O/c1-18(2)17-36-10-11-37-29-24(31)14-21(15-26(29)36)28-25(32)16-33-27(34-28)13-19-4-5-22(23(30)12-19)20-6-8-35(3)9-7-20/h4-5,12,14-16,18,20H,6-11,13,17H2,1-3H3. The molecule has 0 bridgehead atoms. The van der Waals surface area contributed by atoms with Crippen LogP contribution in [0.3, 0.4) is 0 Å². The van der Waals surface area contributed by atoms with Gasteiger partial charge in [-0.2, -0.15) is 0 Å². The molecule has 37 heavy (non-hydrogen) atoms. The Hall–Kier alpha value is -3.13. The zero-order valence-corrected chi connectivity index (χ0v) is 21.6. The number of aromatic nitrogens is 2. The molecule has 0 amide bonds. The minimum atomic E-state index is -0.640. The molecule has 1 fully saturated rings. The van der Waals surface area contributed by atoms with Crippen LogP contribution >= 0.6 is 0 Å². The van der Waals surface area contributed by atoms with Gasteiger partial charge in [-0.05, 0) is 74.1 Å². The van der Waals surface area contributed by atoms with E-state index in [4.69, 9.17) is 4.74 Å². The van der Waals surface area contributed by atoms with E-state index in [1.807, 2.05) is 12.1 Å². The van der Waals surface area contributed by atoms with Gasteiger partial charge >= 0.3 is 0 Å². The van der Waals surface area contributed by atoms with Crippen LogP contribution in [-0.2, 0) is 6.42 Å². The van der Waals surface area contributed by atoms with E-state index in [9.17, 15) is 4.39 Å². The Morgan fingerprint density at radius 2 is 1.78 bits per heavy atom. The summed E-state index contributed by atoms with van der Waals surface area (Å²) < 4.78 is 50.4. The zero-order chi connectivity index (χ0) is 26.1. The van der Waals surface area contributed by atoms with E-state index in [-0.39, 0.29) is 29.6 Å². The van der Waals surface area contributed by atoms with Crippen LogP contribution in [0, 0.1) is 23.4 Å². The molecule has 0 aliphatic carbocycles. The Bertz CT molecular complexity index is 1270. The molecule has 2 aromatic carbocycles. The smallest absolute Gasteiger partial charge is 0.178 e. The molecular weight excluding hydrogens is 477 g/mol. The Labute approximate surface area is 216 Å². The first-order chi connectivity index (χ1) is 17.8. The van der Waals surface area contributed by atoms with Crippen molar-refractivity contribution in [2.24, 2.45) is 5.92 Å². The topological polar surface area (TPSA) is 41.5 Å². The highest BCUT2D eigenvalue weighted by molar-refractivity contribution is 5.72. The molecule has 5 nitrogen and oxygen atoms in total. The lowest BCUT2D eigenvalue weighted by molar-refractivity contribution is 0.253. The monoisotopic (exact) mass is 510 g/mol. The molecule has 0 spiro atoms. The van der Waals surface area contributed by atoms with Gasteiger partial charge in [0.1, 0.15) is 23.9 Å². The van der Waals surface area contributed by atoms with Crippen LogP contribution < -0.4 is 9.64 Å². The number of benzene rings is 2. The van der Waals surface area contributed by atoms with Gasteiger partial charge in [-0.15, -0.1) is 0 Å². The van der Waals surface area contributed by atoms with Gasteiger partial charge in [-0.1, -0.05) is 26.0 Å². The van der Waals surface area contributed by atoms with E-state index in [1.165, 1.54) is 12.1 Å². The SMILES string of the molecule is CC(C)CN1CCOc2c(F)cc(-c3nc(Cc4ccc(C5CCN(C)CC5)c(F)c4)ncc3F)cc21. The number of anilines is 1. The number of likely N-dealkylation sites (tertiary alicyclic amines) is 1. The van der Waals surface area contributed by atoms with Gasteiger partial charge in [0.05, 0.1) is 18.4 Å². The summed E-state index contributed by atoms with van der Waals surface area (Å²) in [7, 11) is 2.08. The Morgan fingerprint density at radius 3 is 2.51 bits per heavy atom. The van der Waals surface area contributed by atoms with E-state index < -0.39 is 11.6 Å². The van der Waals surface area contributed by atoms with E-state index in [2.05, 4.69) is 40.7 Å². The van der Waals surface area contributed by atoms with Crippen molar-refractivity contribution in [1.82, 2.24) is 14.9 Å². The normalized spacial score (nSPS) is 16.7. The Kier molecular flexibility index (Phi) is 7.38. The van der Waals surface area contributed by atoms with Crippen molar-refractivity contribution in [1.29, 1.82) is 0 Å². The van der Waals surface area contributed by atoms with E-state index >= 15 is 8.78 Å². The molecule has 0 N–H and O–H groups in total. The summed E-state index contributed by atoms with van der Waals surface area (Å²) in [6, 6.07) is 8.25. The first kappa shape index (κ1) is 25.5. The number of nitrogens with zero attached hydrogens (tertiary/aromatic N) is 4. The van der Waals surface area contributed by atoms with E-state index in [0.717, 1.165) is 44.2 Å². The van der Waals surface area contributed by atoms with Gasteiger partial charge in [-0.25, -0.2) is 23.1 Å². The maximum absolute atomic E-state index is 15.0. The minimum Gasteiger partial charge on any atom is -0.486 e. The van der Waals surface area contributed by atoms with Crippen LogP contribution in [0.5, 0.6) is 5.75 Å². The summed E-state index contributed by atoms with van der Waals surface area (Å²) in [5.74, 6) is -0.298. The number of fused-ring (bicyclic) bond motifs is 1. The first-order valence-corrected chi connectivity index (χ1v) is 13.0. The van der Waals surface area contributed by atoms with Gasteiger partial charge in [0, 0.05) is 18.5 Å². The number of hydrogen-bond acceptors (Lipinski definition) is 5. The maximum atomic E-state index is 15.0. The first-order valence-electron chi connectivity index (χ1n) is 13.0. The third-order valence-electron chi connectivity index (χ3n) is 7.21.